The summed E-state index contributed by atoms with van der Waals surface area (Å²) in [4.78, 5) is 4.11. The van der Waals surface area contributed by atoms with Crippen LogP contribution in [0.1, 0.15) is 55.8 Å². The van der Waals surface area contributed by atoms with Crippen molar-refractivity contribution in [3.8, 4) is 0 Å². The average molecular weight is 234 g/mol. The Labute approximate surface area is 103 Å². The minimum Gasteiger partial charge on any atom is -0.388 e. The van der Waals surface area contributed by atoms with Crippen molar-refractivity contribution in [3.05, 3.63) is 23.4 Å². The van der Waals surface area contributed by atoms with Gasteiger partial charge >= 0.3 is 0 Å². The number of nitrogen functional groups attached to an aromatic ring is 1. The van der Waals surface area contributed by atoms with E-state index in [1.165, 1.54) is 32.1 Å². The average Bonchev–Trinajstić information content (AvgIpc) is 2.33. The minimum absolute atomic E-state index is 0.453. The largest absolute Gasteiger partial charge is 0.388 e. The molecule has 1 aliphatic rings. The normalized spacial score (nSPS) is 19.2. The van der Waals surface area contributed by atoms with Crippen molar-refractivity contribution in [1.29, 1.82) is 0 Å². The summed E-state index contributed by atoms with van der Waals surface area (Å²) in [6.45, 7) is 1.98. The van der Waals surface area contributed by atoms with Crippen molar-refractivity contribution < 1.29 is 5.11 Å². The molecule has 1 aromatic rings. The number of nitrogens with zero attached hydrogens (tertiary/aromatic N) is 1. The maximum atomic E-state index is 10.3. The Kier molecular flexibility index (Phi) is 4.00. The molecule has 1 fully saturated rings. The topological polar surface area (TPSA) is 59.1 Å². The Hall–Kier alpha value is -1.09. The lowest BCUT2D eigenvalue weighted by Crippen LogP contribution is -2.13. The summed E-state index contributed by atoms with van der Waals surface area (Å²) < 4.78 is 0. The van der Waals surface area contributed by atoms with Gasteiger partial charge in [-0.05, 0) is 30.9 Å². The fourth-order valence-electron chi connectivity index (χ4n) is 2.73. The number of pyridine rings is 1. The van der Waals surface area contributed by atoms with Crippen molar-refractivity contribution >= 4 is 5.82 Å². The zero-order valence-corrected chi connectivity index (χ0v) is 10.5. The third-order valence-corrected chi connectivity index (χ3v) is 3.73. The standard InChI is InChI=1S/C14H22N2O/c1-10-7-12(14(15)16-9-10)13(17)8-11-5-3-2-4-6-11/h7,9,11,13,17H,2-6,8H2,1H3,(H2,15,16). The molecule has 1 unspecified atom stereocenters. The van der Waals surface area contributed by atoms with Crippen LogP contribution in [-0.2, 0) is 0 Å². The van der Waals surface area contributed by atoms with E-state index >= 15 is 0 Å². The molecule has 3 N–H and O–H groups in total. The van der Waals surface area contributed by atoms with Crippen molar-refractivity contribution in [2.24, 2.45) is 5.92 Å². The van der Waals surface area contributed by atoms with Gasteiger partial charge in [-0.25, -0.2) is 4.98 Å². The maximum Gasteiger partial charge on any atom is 0.129 e. The van der Waals surface area contributed by atoms with Crippen LogP contribution >= 0.6 is 0 Å². The first-order valence-electron chi connectivity index (χ1n) is 6.57. The lowest BCUT2D eigenvalue weighted by Gasteiger charge is -2.24. The molecule has 0 spiro atoms. The third-order valence-electron chi connectivity index (χ3n) is 3.73. The van der Waals surface area contributed by atoms with Gasteiger partial charge in [0.2, 0.25) is 0 Å². The smallest absolute Gasteiger partial charge is 0.129 e. The summed E-state index contributed by atoms with van der Waals surface area (Å²) >= 11 is 0. The molecule has 0 aromatic carbocycles. The number of anilines is 1. The van der Waals surface area contributed by atoms with E-state index in [1.807, 2.05) is 13.0 Å². The first kappa shape index (κ1) is 12.4. The van der Waals surface area contributed by atoms with Gasteiger partial charge in [0, 0.05) is 11.8 Å². The van der Waals surface area contributed by atoms with Crippen molar-refractivity contribution in [3.63, 3.8) is 0 Å². The van der Waals surface area contributed by atoms with Crippen LogP contribution in [0.3, 0.4) is 0 Å². The Balaban J connectivity index is 2.02. The maximum absolute atomic E-state index is 10.3. The molecular weight excluding hydrogens is 212 g/mol. The lowest BCUT2D eigenvalue weighted by atomic mass is 9.84. The molecule has 1 heterocycles. The van der Waals surface area contributed by atoms with Crippen LogP contribution in [0.25, 0.3) is 0 Å². The van der Waals surface area contributed by atoms with E-state index in [1.54, 1.807) is 6.20 Å². The zero-order chi connectivity index (χ0) is 12.3. The van der Waals surface area contributed by atoms with Crippen LogP contribution in [0.5, 0.6) is 0 Å². The van der Waals surface area contributed by atoms with E-state index in [4.69, 9.17) is 5.73 Å². The molecule has 3 nitrogen and oxygen atoms in total. The van der Waals surface area contributed by atoms with E-state index in [0.717, 1.165) is 17.5 Å². The highest BCUT2D eigenvalue weighted by Crippen LogP contribution is 2.33. The number of hydrogen-bond donors (Lipinski definition) is 2. The number of aromatic nitrogens is 1. The van der Waals surface area contributed by atoms with Gasteiger partial charge in [-0.3, -0.25) is 0 Å². The van der Waals surface area contributed by atoms with Crippen LogP contribution in [0.15, 0.2) is 12.3 Å². The third kappa shape index (κ3) is 3.19. The van der Waals surface area contributed by atoms with E-state index in [0.29, 0.717) is 11.7 Å². The van der Waals surface area contributed by atoms with Gasteiger partial charge in [0.25, 0.3) is 0 Å². The van der Waals surface area contributed by atoms with Gasteiger partial charge in [-0.15, -0.1) is 0 Å². The highest BCUT2D eigenvalue weighted by Gasteiger charge is 2.20. The Morgan fingerprint density at radius 2 is 2.12 bits per heavy atom. The van der Waals surface area contributed by atoms with Gasteiger partial charge in [-0.1, -0.05) is 32.1 Å². The van der Waals surface area contributed by atoms with Crippen LogP contribution in [0.4, 0.5) is 5.82 Å². The predicted octanol–water partition coefficient (Wildman–Crippen LogP) is 2.98. The number of hydrogen-bond acceptors (Lipinski definition) is 3. The molecule has 0 radical (unpaired) electrons. The molecule has 2 rings (SSSR count). The minimum atomic E-state index is -0.453. The van der Waals surface area contributed by atoms with E-state index in [2.05, 4.69) is 4.98 Å². The van der Waals surface area contributed by atoms with Gasteiger partial charge in [0.1, 0.15) is 5.82 Å². The number of aryl methyl sites for hydroxylation is 1. The molecular formula is C14H22N2O. The van der Waals surface area contributed by atoms with Gasteiger partial charge in [0.15, 0.2) is 0 Å². The molecule has 17 heavy (non-hydrogen) atoms. The Morgan fingerprint density at radius 3 is 2.82 bits per heavy atom. The monoisotopic (exact) mass is 234 g/mol. The fraction of sp³-hybridized carbons (Fsp3) is 0.643. The number of nitrogens with two attached hydrogens (primary N) is 1. The summed E-state index contributed by atoms with van der Waals surface area (Å²) in [6, 6.07) is 1.95. The molecule has 1 atom stereocenters. The first-order chi connectivity index (χ1) is 8.16. The van der Waals surface area contributed by atoms with Crippen LogP contribution in [-0.4, -0.2) is 10.1 Å². The van der Waals surface area contributed by atoms with Crippen molar-refractivity contribution in [2.75, 3.05) is 5.73 Å². The second-order valence-electron chi connectivity index (χ2n) is 5.24. The van der Waals surface area contributed by atoms with Crippen LogP contribution in [0.2, 0.25) is 0 Å². The van der Waals surface area contributed by atoms with Crippen molar-refractivity contribution in [2.45, 2.75) is 51.6 Å². The Morgan fingerprint density at radius 1 is 1.41 bits per heavy atom. The highest BCUT2D eigenvalue weighted by molar-refractivity contribution is 5.42. The molecule has 1 saturated carbocycles. The quantitative estimate of drug-likeness (QED) is 0.845. The summed E-state index contributed by atoms with van der Waals surface area (Å²) in [5, 5.41) is 10.3. The molecule has 0 bridgehead atoms. The van der Waals surface area contributed by atoms with E-state index < -0.39 is 6.10 Å². The van der Waals surface area contributed by atoms with Gasteiger partial charge in [-0.2, -0.15) is 0 Å². The SMILES string of the molecule is Cc1cnc(N)c(C(O)CC2CCCCC2)c1. The molecule has 0 aliphatic heterocycles. The Bertz CT molecular complexity index is 372. The second-order valence-corrected chi connectivity index (χ2v) is 5.24. The van der Waals surface area contributed by atoms with Crippen LogP contribution < -0.4 is 5.73 Å². The number of aliphatic hydroxyl groups excluding tert-OH is 1. The molecule has 0 saturated heterocycles. The second kappa shape index (κ2) is 5.50. The molecule has 1 aliphatic carbocycles. The molecule has 0 amide bonds. The number of rotatable bonds is 3. The predicted molar refractivity (Wildman–Crippen MR) is 69.5 cm³/mol. The van der Waals surface area contributed by atoms with Gasteiger partial charge in [0.05, 0.1) is 6.10 Å². The lowest BCUT2D eigenvalue weighted by molar-refractivity contribution is 0.131. The van der Waals surface area contributed by atoms with E-state index in [-0.39, 0.29) is 0 Å². The molecule has 1 aromatic heterocycles. The van der Waals surface area contributed by atoms with E-state index in [9.17, 15) is 5.11 Å². The summed E-state index contributed by atoms with van der Waals surface area (Å²) in [5.74, 6) is 1.12. The fourth-order valence-corrected chi connectivity index (χ4v) is 2.73. The van der Waals surface area contributed by atoms with Gasteiger partial charge < -0.3 is 10.8 Å². The summed E-state index contributed by atoms with van der Waals surface area (Å²) in [7, 11) is 0. The van der Waals surface area contributed by atoms with Crippen molar-refractivity contribution in [1.82, 2.24) is 4.98 Å². The summed E-state index contributed by atoms with van der Waals surface area (Å²) in [6.07, 6.45) is 8.57. The number of aliphatic hydroxyl groups is 1. The zero-order valence-electron chi connectivity index (χ0n) is 10.5. The summed E-state index contributed by atoms with van der Waals surface area (Å²) in [5.41, 5.74) is 7.68. The molecule has 94 valence electrons. The molecule has 3 heteroatoms. The first-order valence-corrected chi connectivity index (χ1v) is 6.57. The highest BCUT2D eigenvalue weighted by atomic mass is 16.3. The van der Waals surface area contributed by atoms with Crippen LogP contribution in [0, 0.1) is 12.8 Å².